The van der Waals surface area contributed by atoms with Crippen LogP contribution >= 0.6 is 11.3 Å². The first kappa shape index (κ1) is 10.6. The quantitative estimate of drug-likeness (QED) is 0.786. The fraction of sp³-hybridized carbons (Fsp3) is 0.778. The van der Waals surface area contributed by atoms with Crippen LogP contribution < -0.4 is 5.73 Å². The molecule has 4 heteroatoms. The van der Waals surface area contributed by atoms with Gasteiger partial charge in [-0.15, -0.1) is 21.5 Å². The summed E-state index contributed by atoms with van der Waals surface area (Å²) >= 11 is 1.70. The van der Waals surface area contributed by atoms with E-state index in [4.69, 9.17) is 5.73 Å². The van der Waals surface area contributed by atoms with E-state index in [2.05, 4.69) is 24.0 Å². The molecule has 0 fully saturated rings. The van der Waals surface area contributed by atoms with Crippen LogP contribution in [0.1, 0.15) is 36.7 Å². The van der Waals surface area contributed by atoms with Gasteiger partial charge < -0.3 is 5.73 Å². The first-order chi connectivity index (χ1) is 6.26. The Morgan fingerprint density at radius 3 is 2.62 bits per heavy atom. The smallest absolute Gasteiger partial charge is 0.118 e. The average molecular weight is 199 g/mol. The van der Waals surface area contributed by atoms with Crippen molar-refractivity contribution in [2.24, 2.45) is 5.73 Å². The molecule has 1 unspecified atom stereocenters. The molecule has 0 bridgehead atoms. The Labute approximate surface area is 83.4 Å². The van der Waals surface area contributed by atoms with Crippen LogP contribution in [0, 0.1) is 0 Å². The Kier molecular flexibility index (Phi) is 4.32. The summed E-state index contributed by atoms with van der Waals surface area (Å²) in [6, 6.07) is 0.238. The topological polar surface area (TPSA) is 51.8 Å². The Bertz CT molecular complexity index is 247. The SMILES string of the molecule is CCCc1nnc(CC(N)CC)s1. The van der Waals surface area contributed by atoms with E-state index in [0.717, 1.165) is 35.7 Å². The lowest BCUT2D eigenvalue weighted by molar-refractivity contribution is 0.640. The molecule has 13 heavy (non-hydrogen) atoms. The van der Waals surface area contributed by atoms with Gasteiger partial charge in [0.15, 0.2) is 0 Å². The zero-order valence-corrected chi connectivity index (χ0v) is 9.10. The lowest BCUT2D eigenvalue weighted by Gasteiger charge is -2.03. The highest BCUT2D eigenvalue weighted by Gasteiger charge is 2.06. The second kappa shape index (κ2) is 5.29. The van der Waals surface area contributed by atoms with Crippen molar-refractivity contribution >= 4 is 11.3 Å². The summed E-state index contributed by atoms with van der Waals surface area (Å²) in [5.41, 5.74) is 5.83. The number of rotatable bonds is 5. The minimum Gasteiger partial charge on any atom is -0.327 e. The molecular weight excluding hydrogens is 182 g/mol. The first-order valence-electron chi connectivity index (χ1n) is 4.83. The van der Waals surface area contributed by atoms with Crippen molar-refractivity contribution in [3.8, 4) is 0 Å². The van der Waals surface area contributed by atoms with Crippen LogP contribution in [0.4, 0.5) is 0 Å². The summed E-state index contributed by atoms with van der Waals surface area (Å²) in [5.74, 6) is 0. The van der Waals surface area contributed by atoms with E-state index in [1.165, 1.54) is 0 Å². The van der Waals surface area contributed by atoms with Gasteiger partial charge in [0, 0.05) is 18.9 Å². The molecule has 0 saturated heterocycles. The summed E-state index contributed by atoms with van der Waals surface area (Å²) in [6.07, 6.45) is 4.05. The van der Waals surface area contributed by atoms with Gasteiger partial charge in [-0.2, -0.15) is 0 Å². The number of hydrogen-bond donors (Lipinski definition) is 1. The van der Waals surface area contributed by atoms with Crippen molar-refractivity contribution in [1.82, 2.24) is 10.2 Å². The fourth-order valence-corrected chi connectivity index (χ4v) is 2.09. The van der Waals surface area contributed by atoms with E-state index in [9.17, 15) is 0 Å². The zero-order valence-electron chi connectivity index (χ0n) is 8.29. The van der Waals surface area contributed by atoms with Crippen molar-refractivity contribution in [3.05, 3.63) is 10.0 Å². The highest BCUT2D eigenvalue weighted by Crippen LogP contribution is 2.13. The summed E-state index contributed by atoms with van der Waals surface area (Å²) < 4.78 is 0. The molecule has 1 rings (SSSR count). The third-order valence-electron chi connectivity index (χ3n) is 1.93. The fourth-order valence-electron chi connectivity index (χ4n) is 1.05. The molecule has 0 amide bonds. The molecule has 1 aromatic heterocycles. The third-order valence-corrected chi connectivity index (χ3v) is 2.94. The number of aromatic nitrogens is 2. The second-order valence-electron chi connectivity index (χ2n) is 3.21. The summed E-state index contributed by atoms with van der Waals surface area (Å²) in [6.45, 7) is 4.25. The second-order valence-corrected chi connectivity index (χ2v) is 4.36. The zero-order chi connectivity index (χ0) is 9.68. The Hall–Kier alpha value is -0.480. The molecule has 2 N–H and O–H groups in total. The van der Waals surface area contributed by atoms with Gasteiger partial charge in [0.25, 0.3) is 0 Å². The van der Waals surface area contributed by atoms with Crippen molar-refractivity contribution < 1.29 is 0 Å². The van der Waals surface area contributed by atoms with Crippen LogP contribution in [0.25, 0.3) is 0 Å². The van der Waals surface area contributed by atoms with E-state index >= 15 is 0 Å². The predicted molar refractivity (Wildman–Crippen MR) is 55.9 cm³/mol. The van der Waals surface area contributed by atoms with E-state index in [1.54, 1.807) is 11.3 Å². The molecule has 1 aromatic rings. The van der Waals surface area contributed by atoms with Crippen LogP contribution in [0.15, 0.2) is 0 Å². The van der Waals surface area contributed by atoms with Crippen molar-refractivity contribution in [1.29, 1.82) is 0 Å². The number of nitrogens with two attached hydrogens (primary N) is 1. The van der Waals surface area contributed by atoms with Crippen LogP contribution in [0.5, 0.6) is 0 Å². The van der Waals surface area contributed by atoms with Gasteiger partial charge >= 0.3 is 0 Å². The standard InChI is InChI=1S/C9H17N3S/c1-3-5-8-11-12-9(13-8)6-7(10)4-2/h7H,3-6,10H2,1-2H3. The van der Waals surface area contributed by atoms with Crippen LogP contribution in [-0.2, 0) is 12.8 Å². The van der Waals surface area contributed by atoms with Crippen LogP contribution in [0.2, 0.25) is 0 Å². The molecule has 0 aliphatic carbocycles. The lowest BCUT2D eigenvalue weighted by Crippen LogP contribution is -2.21. The number of hydrogen-bond acceptors (Lipinski definition) is 4. The molecular formula is C9H17N3S. The minimum absolute atomic E-state index is 0.238. The van der Waals surface area contributed by atoms with E-state index in [-0.39, 0.29) is 6.04 Å². The molecule has 0 aliphatic rings. The number of aryl methyl sites for hydroxylation is 1. The molecule has 0 aromatic carbocycles. The predicted octanol–water partition coefficient (Wildman–Crippen LogP) is 1.77. The molecule has 74 valence electrons. The van der Waals surface area contributed by atoms with E-state index < -0.39 is 0 Å². The van der Waals surface area contributed by atoms with Crippen LogP contribution in [0.3, 0.4) is 0 Å². The monoisotopic (exact) mass is 199 g/mol. The van der Waals surface area contributed by atoms with Crippen molar-refractivity contribution in [2.75, 3.05) is 0 Å². The van der Waals surface area contributed by atoms with Gasteiger partial charge in [-0.3, -0.25) is 0 Å². The molecule has 1 atom stereocenters. The van der Waals surface area contributed by atoms with Gasteiger partial charge in [-0.25, -0.2) is 0 Å². The molecule has 0 aliphatic heterocycles. The molecule has 3 nitrogen and oxygen atoms in total. The van der Waals surface area contributed by atoms with Gasteiger partial charge in [-0.1, -0.05) is 13.8 Å². The first-order valence-corrected chi connectivity index (χ1v) is 5.64. The molecule has 1 heterocycles. The number of nitrogens with zero attached hydrogens (tertiary/aromatic N) is 2. The van der Waals surface area contributed by atoms with Gasteiger partial charge in [0.05, 0.1) is 0 Å². The largest absolute Gasteiger partial charge is 0.327 e. The normalized spacial score (nSPS) is 13.2. The molecule has 0 radical (unpaired) electrons. The third kappa shape index (κ3) is 3.40. The summed E-state index contributed by atoms with van der Waals surface area (Å²) in [5, 5.41) is 10.4. The van der Waals surface area contributed by atoms with E-state index in [0.29, 0.717) is 0 Å². The molecule has 0 saturated carbocycles. The van der Waals surface area contributed by atoms with Crippen molar-refractivity contribution in [3.63, 3.8) is 0 Å². The summed E-state index contributed by atoms with van der Waals surface area (Å²) in [7, 11) is 0. The van der Waals surface area contributed by atoms with Gasteiger partial charge in [0.2, 0.25) is 0 Å². The summed E-state index contributed by atoms with van der Waals surface area (Å²) in [4.78, 5) is 0. The maximum Gasteiger partial charge on any atom is 0.118 e. The lowest BCUT2D eigenvalue weighted by atomic mass is 10.2. The average Bonchev–Trinajstić information content (AvgIpc) is 2.53. The Balaban J connectivity index is 2.48. The van der Waals surface area contributed by atoms with E-state index in [1.807, 2.05) is 0 Å². The van der Waals surface area contributed by atoms with Crippen molar-refractivity contribution in [2.45, 2.75) is 45.6 Å². The van der Waals surface area contributed by atoms with Crippen LogP contribution in [-0.4, -0.2) is 16.2 Å². The Morgan fingerprint density at radius 2 is 2.00 bits per heavy atom. The molecule has 0 spiro atoms. The minimum atomic E-state index is 0.238. The highest BCUT2D eigenvalue weighted by atomic mass is 32.1. The van der Waals surface area contributed by atoms with Gasteiger partial charge in [-0.05, 0) is 12.8 Å². The Morgan fingerprint density at radius 1 is 1.31 bits per heavy atom. The highest BCUT2D eigenvalue weighted by molar-refractivity contribution is 7.11. The maximum absolute atomic E-state index is 5.83. The van der Waals surface area contributed by atoms with Gasteiger partial charge in [0.1, 0.15) is 10.0 Å². The maximum atomic E-state index is 5.83.